The number of piperidine rings is 1. The molecule has 2 heterocycles. The number of hydrogen-bond acceptors (Lipinski definition) is 2. The fourth-order valence-electron chi connectivity index (χ4n) is 4.04. The maximum Gasteiger partial charge on any atom is 0.119 e. The Hall–Kier alpha value is -2.26. The van der Waals surface area contributed by atoms with Crippen LogP contribution in [0.3, 0.4) is 0 Å². The molecule has 1 aliphatic rings. The van der Waals surface area contributed by atoms with Gasteiger partial charge in [0.2, 0.25) is 0 Å². The van der Waals surface area contributed by atoms with Crippen molar-refractivity contribution in [3.8, 4) is 5.75 Å². The van der Waals surface area contributed by atoms with Crippen LogP contribution >= 0.6 is 0 Å². The van der Waals surface area contributed by atoms with Gasteiger partial charge in [-0.3, -0.25) is 0 Å². The molecular formula is C22H26N2O. The lowest BCUT2D eigenvalue weighted by atomic mass is 9.90. The SMILES string of the molecule is COc1cccc(C2CCCN(CCc3c[nH]c4ccccc34)C2)c1. The molecule has 25 heavy (non-hydrogen) atoms. The predicted molar refractivity (Wildman–Crippen MR) is 103 cm³/mol. The van der Waals surface area contributed by atoms with E-state index in [1.54, 1.807) is 7.11 Å². The van der Waals surface area contributed by atoms with Crippen LogP contribution in [-0.2, 0) is 6.42 Å². The van der Waals surface area contributed by atoms with Crippen LogP contribution in [0.1, 0.15) is 29.9 Å². The van der Waals surface area contributed by atoms with E-state index in [2.05, 4.69) is 58.5 Å². The number of aromatic nitrogens is 1. The van der Waals surface area contributed by atoms with Crippen LogP contribution in [0.15, 0.2) is 54.7 Å². The third-order valence-electron chi connectivity index (χ3n) is 5.44. The predicted octanol–water partition coefficient (Wildman–Crippen LogP) is 4.60. The lowest BCUT2D eigenvalue weighted by molar-refractivity contribution is 0.210. The van der Waals surface area contributed by atoms with Gasteiger partial charge in [-0.05, 0) is 61.1 Å². The molecule has 3 nitrogen and oxygen atoms in total. The van der Waals surface area contributed by atoms with Crippen LogP contribution in [0.4, 0.5) is 0 Å². The molecule has 0 saturated carbocycles. The van der Waals surface area contributed by atoms with Crippen LogP contribution in [0.5, 0.6) is 5.75 Å². The molecule has 3 aromatic rings. The number of fused-ring (bicyclic) bond motifs is 1. The fraction of sp³-hybridized carbons (Fsp3) is 0.364. The quantitative estimate of drug-likeness (QED) is 0.739. The zero-order valence-corrected chi connectivity index (χ0v) is 14.9. The van der Waals surface area contributed by atoms with Gasteiger partial charge in [0.15, 0.2) is 0 Å². The number of likely N-dealkylation sites (tertiary alicyclic amines) is 1. The van der Waals surface area contributed by atoms with E-state index in [4.69, 9.17) is 4.74 Å². The van der Waals surface area contributed by atoms with Crippen LogP contribution in [-0.4, -0.2) is 36.6 Å². The molecule has 2 aromatic carbocycles. The number of benzene rings is 2. The van der Waals surface area contributed by atoms with Crippen molar-refractivity contribution in [1.29, 1.82) is 0 Å². The minimum Gasteiger partial charge on any atom is -0.497 e. The van der Waals surface area contributed by atoms with Crippen molar-refractivity contribution in [3.05, 3.63) is 65.9 Å². The number of H-pyrrole nitrogens is 1. The first-order chi connectivity index (χ1) is 12.3. The summed E-state index contributed by atoms with van der Waals surface area (Å²) in [6, 6.07) is 17.2. The summed E-state index contributed by atoms with van der Waals surface area (Å²) in [6.07, 6.45) is 5.83. The number of para-hydroxylation sites is 1. The molecule has 4 rings (SSSR count). The third kappa shape index (κ3) is 3.57. The number of hydrogen-bond donors (Lipinski definition) is 1. The van der Waals surface area contributed by atoms with Crippen molar-refractivity contribution >= 4 is 10.9 Å². The normalized spacial score (nSPS) is 18.5. The first kappa shape index (κ1) is 16.2. The van der Waals surface area contributed by atoms with Gasteiger partial charge in [-0.15, -0.1) is 0 Å². The van der Waals surface area contributed by atoms with E-state index < -0.39 is 0 Å². The highest BCUT2D eigenvalue weighted by Gasteiger charge is 2.21. The molecule has 1 N–H and O–H groups in total. The second-order valence-electron chi connectivity index (χ2n) is 7.03. The Morgan fingerprint density at radius 3 is 3.00 bits per heavy atom. The van der Waals surface area contributed by atoms with Crippen LogP contribution in [0.2, 0.25) is 0 Å². The molecule has 1 aliphatic heterocycles. The molecule has 1 atom stereocenters. The number of nitrogens with one attached hydrogen (secondary N) is 1. The van der Waals surface area contributed by atoms with Gasteiger partial charge in [0.25, 0.3) is 0 Å². The zero-order chi connectivity index (χ0) is 17.1. The Morgan fingerprint density at radius 2 is 2.08 bits per heavy atom. The number of aromatic amines is 1. The Morgan fingerprint density at radius 1 is 1.16 bits per heavy atom. The van der Waals surface area contributed by atoms with Crippen molar-refractivity contribution in [3.63, 3.8) is 0 Å². The van der Waals surface area contributed by atoms with Crippen molar-refractivity contribution < 1.29 is 4.74 Å². The second kappa shape index (κ2) is 7.32. The molecule has 0 spiro atoms. The van der Waals surface area contributed by atoms with E-state index in [-0.39, 0.29) is 0 Å². The maximum atomic E-state index is 5.39. The summed E-state index contributed by atoms with van der Waals surface area (Å²) < 4.78 is 5.39. The van der Waals surface area contributed by atoms with Gasteiger partial charge in [-0.25, -0.2) is 0 Å². The molecule has 0 radical (unpaired) electrons. The minimum atomic E-state index is 0.617. The fourth-order valence-corrected chi connectivity index (χ4v) is 4.04. The summed E-state index contributed by atoms with van der Waals surface area (Å²) in [4.78, 5) is 6.01. The van der Waals surface area contributed by atoms with Gasteiger partial charge in [0, 0.05) is 30.2 Å². The van der Waals surface area contributed by atoms with Crippen molar-refractivity contribution in [1.82, 2.24) is 9.88 Å². The van der Waals surface area contributed by atoms with Crippen molar-refractivity contribution in [2.45, 2.75) is 25.2 Å². The van der Waals surface area contributed by atoms with Crippen LogP contribution in [0.25, 0.3) is 10.9 Å². The lowest BCUT2D eigenvalue weighted by Crippen LogP contribution is -2.35. The van der Waals surface area contributed by atoms with Crippen LogP contribution in [0, 0.1) is 0 Å². The molecule has 1 unspecified atom stereocenters. The molecule has 3 heteroatoms. The van der Waals surface area contributed by atoms with Gasteiger partial charge in [-0.1, -0.05) is 30.3 Å². The van der Waals surface area contributed by atoms with Crippen molar-refractivity contribution in [2.24, 2.45) is 0 Å². The van der Waals surface area contributed by atoms with Crippen LogP contribution < -0.4 is 4.74 Å². The van der Waals surface area contributed by atoms with E-state index in [1.165, 1.54) is 41.4 Å². The Balaban J connectivity index is 1.41. The number of ether oxygens (including phenoxy) is 1. The topological polar surface area (TPSA) is 28.3 Å². The summed E-state index contributed by atoms with van der Waals surface area (Å²) in [5.41, 5.74) is 4.08. The standard InChI is InChI=1S/C22H26N2O/c1-25-20-8-4-6-17(14-20)19-7-5-12-24(16-19)13-11-18-15-23-22-10-3-2-9-21(18)22/h2-4,6,8-10,14-15,19,23H,5,7,11-13,16H2,1H3. The van der Waals surface area contributed by atoms with Gasteiger partial charge in [0.05, 0.1) is 7.11 Å². The average Bonchev–Trinajstić information content (AvgIpc) is 3.10. The van der Waals surface area contributed by atoms with Crippen molar-refractivity contribution in [2.75, 3.05) is 26.7 Å². The first-order valence-corrected chi connectivity index (χ1v) is 9.25. The van der Waals surface area contributed by atoms with E-state index in [0.29, 0.717) is 5.92 Å². The third-order valence-corrected chi connectivity index (χ3v) is 5.44. The molecule has 0 amide bonds. The molecule has 1 saturated heterocycles. The molecular weight excluding hydrogens is 308 g/mol. The van der Waals surface area contributed by atoms with E-state index in [9.17, 15) is 0 Å². The number of rotatable bonds is 5. The van der Waals surface area contributed by atoms with Gasteiger partial charge in [-0.2, -0.15) is 0 Å². The Labute approximate surface area is 149 Å². The average molecular weight is 334 g/mol. The van der Waals surface area contributed by atoms with E-state index in [0.717, 1.165) is 25.3 Å². The number of methoxy groups -OCH3 is 1. The first-order valence-electron chi connectivity index (χ1n) is 9.25. The molecule has 1 fully saturated rings. The smallest absolute Gasteiger partial charge is 0.119 e. The summed E-state index contributed by atoms with van der Waals surface area (Å²) >= 11 is 0. The summed E-state index contributed by atoms with van der Waals surface area (Å²) in [5, 5.41) is 1.36. The molecule has 0 bridgehead atoms. The maximum absolute atomic E-state index is 5.39. The minimum absolute atomic E-state index is 0.617. The lowest BCUT2D eigenvalue weighted by Gasteiger charge is -2.33. The Bertz CT molecular complexity index is 839. The highest BCUT2D eigenvalue weighted by molar-refractivity contribution is 5.83. The highest BCUT2D eigenvalue weighted by atomic mass is 16.5. The monoisotopic (exact) mass is 334 g/mol. The Kier molecular flexibility index (Phi) is 4.75. The summed E-state index contributed by atoms with van der Waals surface area (Å²) in [7, 11) is 1.74. The highest BCUT2D eigenvalue weighted by Crippen LogP contribution is 2.29. The van der Waals surface area contributed by atoms with E-state index in [1.807, 2.05) is 6.07 Å². The second-order valence-corrected chi connectivity index (χ2v) is 7.03. The van der Waals surface area contributed by atoms with Gasteiger partial charge < -0.3 is 14.6 Å². The molecule has 130 valence electrons. The zero-order valence-electron chi connectivity index (χ0n) is 14.9. The van der Waals surface area contributed by atoms with Gasteiger partial charge in [0.1, 0.15) is 5.75 Å². The molecule has 0 aliphatic carbocycles. The largest absolute Gasteiger partial charge is 0.497 e. The summed E-state index contributed by atoms with van der Waals surface area (Å²) in [6.45, 7) is 3.49. The van der Waals surface area contributed by atoms with Gasteiger partial charge >= 0.3 is 0 Å². The van der Waals surface area contributed by atoms with E-state index >= 15 is 0 Å². The number of nitrogens with zero attached hydrogens (tertiary/aromatic N) is 1. The summed E-state index contributed by atoms with van der Waals surface area (Å²) in [5.74, 6) is 1.58. The molecule has 1 aromatic heterocycles.